The molecule has 1 heterocycles. The first-order chi connectivity index (χ1) is 6.69. The molecular formula is C12H13NO. The molecule has 0 aliphatic carbocycles. The van der Waals surface area contributed by atoms with Crippen LogP contribution in [-0.4, -0.2) is 4.98 Å². The van der Waals surface area contributed by atoms with Crippen LogP contribution in [0.15, 0.2) is 36.2 Å². The average Bonchev–Trinajstić information content (AvgIpc) is 2.11. The standard InChI is InChI=1S/C12H13NO/c1-4-6-10-11(7-5-2)13-9(3)8-12(10)14/h4-8,13H,1-2H2,3H3/b10-6+,11-7+. The van der Waals surface area contributed by atoms with Crippen molar-refractivity contribution in [3.8, 4) is 0 Å². The quantitative estimate of drug-likeness (QED) is 0.723. The number of aryl methyl sites for hydroxylation is 1. The van der Waals surface area contributed by atoms with Gasteiger partial charge in [-0.2, -0.15) is 0 Å². The summed E-state index contributed by atoms with van der Waals surface area (Å²) in [4.78, 5) is 14.7. The Kier molecular flexibility index (Phi) is 3.24. The van der Waals surface area contributed by atoms with Crippen molar-refractivity contribution in [2.75, 3.05) is 0 Å². The van der Waals surface area contributed by atoms with Gasteiger partial charge in [-0.25, -0.2) is 0 Å². The predicted molar refractivity (Wildman–Crippen MR) is 60.4 cm³/mol. The van der Waals surface area contributed by atoms with Gasteiger partial charge in [0, 0.05) is 22.3 Å². The highest BCUT2D eigenvalue weighted by Crippen LogP contribution is 1.76. The molecule has 1 rings (SSSR count). The summed E-state index contributed by atoms with van der Waals surface area (Å²) in [6.07, 6.45) is 6.70. The number of pyridine rings is 1. The maximum Gasteiger partial charge on any atom is 0.189 e. The predicted octanol–water partition coefficient (Wildman–Crippen LogP) is 0.616. The summed E-state index contributed by atoms with van der Waals surface area (Å²) < 4.78 is 0. The number of hydrogen-bond donors (Lipinski definition) is 1. The fourth-order valence-electron chi connectivity index (χ4n) is 1.26. The highest BCUT2D eigenvalue weighted by molar-refractivity contribution is 5.40. The topological polar surface area (TPSA) is 32.9 Å². The summed E-state index contributed by atoms with van der Waals surface area (Å²) >= 11 is 0. The van der Waals surface area contributed by atoms with Crippen LogP contribution in [-0.2, 0) is 0 Å². The Morgan fingerprint density at radius 1 is 1.29 bits per heavy atom. The van der Waals surface area contributed by atoms with Gasteiger partial charge in [-0.15, -0.1) is 0 Å². The Morgan fingerprint density at radius 3 is 2.50 bits per heavy atom. The Morgan fingerprint density at radius 2 is 1.93 bits per heavy atom. The Balaban J connectivity index is 3.80. The van der Waals surface area contributed by atoms with E-state index in [9.17, 15) is 4.79 Å². The third kappa shape index (κ3) is 2.10. The summed E-state index contributed by atoms with van der Waals surface area (Å²) in [5.74, 6) is 0. The normalized spacial score (nSPS) is 12.9. The van der Waals surface area contributed by atoms with Crippen molar-refractivity contribution in [1.29, 1.82) is 0 Å². The van der Waals surface area contributed by atoms with Gasteiger partial charge in [-0.05, 0) is 19.1 Å². The van der Waals surface area contributed by atoms with E-state index in [0.29, 0.717) is 5.22 Å². The summed E-state index contributed by atoms with van der Waals surface area (Å²) in [5.41, 5.74) is 0.832. The molecule has 0 aliphatic heterocycles. The molecule has 0 saturated carbocycles. The van der Waals surface area contributed by atoms with E-state index in [-0.39, 0.29) is 5.43 Å². The summed E-state index contributed by atoms with van der Waals surface area (Å²) in [5, 5.41) is 1.38. The van der Waals surface area contributed by atoms with E-state index in [1.807, 2.05) is 6.92 Å². The lowest BCUT2D eigenvalue weighted by Crippen LogP contribution is -2.40. The molecule has 0 aliphatic rings. The molecule has 2 nitrogen and oxygen atoms in total. The zero-order valence-electron chi connectivity index (χ0n) is 8.21. The van der Waals surface area contributed by atoms with Crippen molar-refractivity contribution >= 4 is 12.2 Å². The van der Waals surface area contributed by atoms with Gasteiger partial charge in [0.15, 0.2) is 5.43 Å². The van der Waals surface area contributed by atoms with Crippen LogP contribution in [0, 0.1) is 6.92 Å². The average molecular weight is 187 g/mol. The highest BCUT2D eigenvalue weighted by Gasteiger charge is 1.92. The first-order valence-corrected chi connectivity index (χ1v) is 4.34. The van der Waals surface area contributed by atoms with E-state index < -0.39 is 0 Å². The van der Waals surface area contributed by atoms with Crippen molar-refractivity contribution in [1.82, 2.24) is 4.98 Å². The molecule has 0 bridgehead atoms. The zero-order valence-corrected chi connectivity index (χ0v) is 8.21. The Labute approximate surface area is 82.6 Å². The smallest absolute Gasteiger partial charge is 0.189 e. The van der Waals surface area contributed by atoms with Crippen LogP contribution in [0.1, 0.15) is 5.69 Å². The summed E-state index contributed by atoms with van der Waals surface area (Å²) in [6, 6.07) is 1.57. The van der Waals surface area contributed by atoms with Crippen molar-refractivity contribution in [2.45, 2.75) is 6.92 Å². The lowest BCUT2D eigenvalue weighted by atomic mass is 10.2. The number of allylic oxidation sites excluding steroid dienone is 2. The van der Waals surface area contributed by atoms with Crippen molar-refractivity contribution in [3.63, 3.8) is 0 Å². The SMILES string of the molecule is C=C/C=c1/[nH]c(C)cc(=O)/c1=C/C=C. The van der Waals surface area contributed by atoms with Gasteiger partial charge in [0.25, 0.3) is 0 Å². The lowest BCUT2D eigenvalue weighted by molar-refractivity contribution is 1.11. The molecule has 1 aromatic rings. The first-order valence-electron chi connectivity index (χ1n) is 4.34. The van der Waals surface area contributed by atoms with E-state index in [2.05, 4.69) is 18.1 Å². The molecule has 0 atom stereocenters. The fraction of sp³-hybridized carbons (Fsp3) is 0.0833. The maximum atomic E-state index is 11.6. The van der Waals surface area contributed by atoms with Crippen LogP contribution in [0.2, 0.25) is 0 Å². The van der Waals surface area contributed by atoms with Crippen LogP contribution in [0.4, 0.5) is 0 Å². The highest BCUT2D eigenvalue weighted by atomic mass is 16.1. The largest absolute Gasteiger partial charge is 0.358 e. The molecule has 0 radical (unpaired) electrons. The lowest BCUT2D eigenvalue weighted by Gasteiger charge is -1.93. The van der Waals surface area contributed by atoms with Crippen molar-refractivity contribution in [3.05, 3.63) is 57.9 Å². The first kappa shape index (κ1) is 10.3. The van der Waals surface area contributed by atoms with E-state index in [1.165, 1.54) is 0 Å². The third-order valence-corrected chi connectivity index (χ3v) is 1.80. The summed E-state index contributed by atoms with van der Waals surface area (Å²) in [7, 11) is 0. The van der Waals surface area contributed by atoms with Gasteiger partial charge >= 0.3 is 0 Å². The van der Waals surface area contributed by atoms with Crippen LogP contribution in [0.5, 0.6) is 0 Å². The van der Waals surface area contributed by atoms with Crippen molar-refractivity contribution < 1.29 is 0 Å². The number of H-pyrrole nitrogens is 1. The maximum absolute atomic E-state index is 11.6. The third-order valence-electron chi connectivity index (χ3n) is 1.80. The molecule has 0 aromatic carbocycles. The minimum Gasteiger partial charge on any atom is -0.358 e. The summed E-state index contributed by atoms with van der Waals surface area (Å²) in [6.45, 7) is 9.02. The van der Waals surface area contributed by atoms with Crippen LogP contribution in [0.3, 0.4) is 0 Å². The number of hydrogen-bond acceptors (Lipinski definition) is 1. The Bertz CT molecular complexity index is 520. The number of nitrogens with one attached hydrogen (secondary N) is 1. The molecule has 14 heavy (non-hydrogen) atoms. The molecule has 0 saturated heterocycles. The van der Waals surface area contributed by atoms with Gasteiger partial charge in [0.05, 0.1) is 0 Å². The van der Waals surface area contributed by atoms with Gasteiger partial charge in [0.1, 0.15) is 0 Å². The number of aromatic amines is 1. The van der Waals surface area contributed by atoms with E-state index in [4.69, 9.17) is 0 Å². The number of rotatable bonds is 2. The van der Waals surface area contributed by atoms with Gasteiger partial charge in [-0.3, -0.25) is 4.79 Å². The molecule has 1 N–H and O–H groups in total. The van der Waals surface area contributed by atoms with E-state index in [1.54, 1.807) is 30.4 Å². The van der Waals surface area contributed by atoms with E-state index >= 15 is 0 Å². The van der Waals surface area contributed by atoms with Gasteiger partial charge in [-0.1, -0.05) is 25.3 Å². The van der Waals surface area contributed by atoms with Crippen LogP contribution < -0.4 is 16.0 Å². The molecule has 0 amide bonds. The fourth-order valence-corrected chi connectivity index (χ4v) is 1.26. The molecule has 2 heteroatoms. The molecule has 0 fully saturated rings. The molecule has 72 valence electrons. The Hall–Kier alpha value is -1.83. The van der Waals surface area contributed by atoms with Gasteiger partial charge < -0.3 is 4.98 Å². The van der Waals surface area contributed by atoms with E-state index in [0.717, 1.165) is 11.0 Å². The molecule has 1 aromatic heterocycles. The van der Waals surface area contributed by atoms with Crippen LogP contribution >= 0.6 is 0 Å². The second kappa shape index (κ2) is 4.42. The minimum atomic E-state index is -0.00532. The molecular weight excluding hydrogens is 174 g/mol. The van der Waals surface area contributed by atoms with Crippen molar-refractivity contribution in [2.24, 2.45) is 0 Å². The number of aromatic nitrogens is 1. The monoisotopic (exact) mass is 187 g/mol. The zero-order chi connectivity index (χ0) is 10.6. The van der Waals surface area contributed by atoms with Gasteiger partial charge in [0.2, 0.25) is 0 Å². The molecule has 0 unspecified atom stereocenters. The second-order valence-corrected chi connectivity index (χ2v) is 2.95. The minimum absolute atomic E-state index is 0.00532. The second-order valence-electron chi connectivity index (χ2n) is 2.95. The van der Waals surface area contributed by atoms with Crippen LogP contribution in [0.25, 0.3) is 12.2 Å². The molecule has 0 spiro atoms.